The SMILES string of the molecule is COc1ccccc1C1/C(=C(\O)c2ccc(OCC(C)C)cc2)C(=O)C(=O)N1c1cccc(NC(C)=O)c1. The van der Waals surface area contributed by atoms with Crippen LogP contribution in [0, 0.1) is 5.92 Å². The van der Waals surface area contributed by atoms with Gasteiger partial charge in [0.2, 0.25) is 5.91 Å². The molecule has 3 aromatic carbocycles. The number of methoxy groups -OCH3 is 1. The lowest BCUT2D eigenvalue weighted by Gasteiger charge is -2.27. The summed E-state index contributed by atoms with van der Waals surface area (Å²) in [5.74, 6) is -0.786. The van der Waals surface area contributed by atoms with Crippen LogP contribution in [0.5, 0.6) is 11.5 Å². The molecule has 0 spiro atoms. The monoisotopic (exact) mass is 514 g/mol. The molecule has 1 unspecified atom stereocenters. The van der Waals surface area contributed by atoms with Gasteiger partial charge in [-0.1, -0.05) is 38.1 Å². The molecule has 1 atom stereocenters. The van der Waals surface area contributed by atoms with Crippen LogP contribution in [0.4, 0.5) is 11.4 Å². The quantitative estimate of drug-likeness (QED) is 0.240. The number of hydrogen-bond donors (Lipinski definition) is 2. The smallest absolute Gasteiger partial charge is 0.300 e. The van der Waals surface area contributed by atoms with Crippen LogP contribution in [0.3, 0.4) is 0 Å². The Hall–Kier alpha value is -4.59. The van der Waals surface area contributed by atoms with E-state index in [0.29, 0.717) is 46.5 Å². The van der Waals surface area contributed by atoms with Crippen molar-refractivity contribution in [2.75, 3.05) is 23.9 Å². The summed E-state index contributed by atoms with van der Waals surface area (Å²) in [6.07, 6.45) is 0. The van der Waals surface area contributed by atoms with Gasteiger partial charge in [0.15, 0.2) is 0 Å². The summed E-state index contributed by atoms with van der Waals surface area (Å²) in [7, 11) is 1.50. The molecule has 1 aliphatic rings. The third-order valence-electron chi connectivity index (χ3n) is 6.03. The van der Waals surface area contributed by atoms with Crippen LogP contribution in [-0.2, 0) is 14.4 Å². The molecule has 196 valence electrons. The molecule has 8 nitrogen and oxygen atoms in total. The number of aliphatic hydroxyl groups excluding tert-OH is 1. The van der Waals surface area contributed by atoms with Crippen molar-refractivity contribution in [3.63, 3.8) is 0 Å². The van der Waals surface area contributed by atoms with E-state index in [4.69, 9.17) is 9.47 Å². The molecule has 3 aromatic rings. The molecule has 1 aliphatic heterocycles. The number of carbonyl (C=O) groups is 3. The lowest BCUT2D eigenvalue weighted by Crippen LogP contribution is -2.29. The summed E-state index contributed by atoms with van der Waals surface area (Å²) in [5.41, 5.74) is 1.67. The van der Waals surface area contributed by atoms with Gasteiger partial charge in [0.25, 0.3) is 11.7 Å². The Bertz CT molecular complexity index is 1390. The highest BCUT2D eigenvalue weighted by atomic mass is 16.5. The molecule has 4 rings (SSSR count). The number of anilines is 2. The molecule has 0 bridgehead atoms. The maximum atomic E-state index is 13.5. The number of nitrogens with one attached hydrogen (secondary N) is 1. The van der Waals surface area contributed by atoms with Crippen molar-refractivity contribution >= 4 is 34.7 Å². The van der Waals surface area contributed by atoms with Gasteiger partial charge < -0.3 is 19.9 Å². The minimum Gasteiger partial charge on any atom is -0.507 e. The Morgan fingerprint density at radius 2 is 1.74 bits per heavy atom. The van der Waals surface area contributed by atoms with E-state index in [0.717, 1.165) is 0 Å². The van der Waals surface area contributed by atoms with E-state index < -0.39 is 17.7 Å². The van der Waals surface area contributed by atoms with Crippen molar-refractivity contribution in [1.29, 1.82) is 0 Å². The predicted molar refractivity (Wildman–Crippen MR) is 145 cm³/mol. The van der Waals surface area contributed by atoms with E-state index in [1.165, 1.54) is 18.9 Å². The maximum Gasteiger partial charge on any atom is 0.300 e. The van der Waals surface area contributed by atoms with Gasteiger partial charge >= 0.3 is 0 Å². The molecule has 38 heavy (non-hydrogen) atoms. The minimum absolute atomic E-state index is 0.0692. The topological polar surface area (TPSA) is 105 Å². The van der Waals surface area contributed by atoms with Crippen LogP contribution < -0.4 is 19.7 Å². The van der Waals surface area contributed by atoms with Crippen LogP contribution in [-0.4, -0.2) is 36.4 Å². The van der Waals surface area contributed by atoms with E-state index in [1.807, 2.05) is 13.8 Å². The van der Waals surface area contributed by atoms with Gasteiger partial charge in [-0.15, -0.1) is 0 Å². The van der Waals surface area contributed by atoms with Crippen LogP contribution in [0.15, 0.2) is 78.4 Å². The van der Waals surface area contributed by atoms with Crippen molar-refractivity contribution in [3.8, 4) is 11.5 Å². The number of ketones is 1. The molecule has 1 heterocycles. The Labute approximate surface area is 221 Å². The Balaban J connectivity index is 1.85. The molecule has 8 heteroatoms. The van der Waals surface area contributed by atoms with E-state index in [2.05, 4.69) is 5.32 Å². The van der Waals surface area contributed by atoms with E-state index in [1.54, 1.807) is 72.8 Å². The summed E-state index contributed by atoms with van der Waals surface area (Å²) >= 11 is 0. The lowest BCUT2D eigenvalue weighted by molar-refractivity contribution is -0.132. The summed E-state index contributed by atoms with van der Waals surface area (Å²) in [5, 5.41) is 14.1. The first-order chi connectivity index (χ1) is 18.2. The van der Waals surface area contributed by atoms with Crippen molar-refractivity contribution in [3.05, 3.63) is 89.5 Å². The molecular formula is C30H30N2O6. The fourth-order valence-corrected chi connectivity index (χ4v) is 4.35. The lowest BCUT2D eigenvalue weighted by atomic mass is 9.94. The third kappa shape index (κ3) is 5.39. The highest BCUT2D eigenvalue weighted by Crippen LogP contribution is 2.45. The van der Waals surface area contributed by atoms with Crippen LogP contribution in [0.1, 0.15) is 37.9 Å². The fraction of sp³-hybridized carbons (Fsp3) is 0.233. The number of carbonyl (C=O) groups excluding carboxylic acids is 3. The second-order valence-electron chi connectivity index (χ2n) is 9.37. The summed E-state index contributed by atoms with van der Waals surface area (Å²) in [4.78, 5) is 39.8. The molecule has 2 N–H and O–H groups in total. The molecule has 1 saturated heterocycles. The zero-order chi connectivity index (χ0) is 27.4. The largest absolute Gasteiger partial charge is 0.507 e. The molecule has 0 aliphatic carbocycles. The molecule has 0 radical (unpaired) electrons. The maximum absolute atomic E-state index is 13.5. The average molecular weight is 515 g/mol. The summed E-state index contributed by atoms with van der Waals surface area (Å²) < 4.78 is 11.3. The number of hydrogen-bond acceptors (Lipinski definition) is 6. The van der Waals surface area contributed by atoms with Crippen LogP contribution in [0.25, 0.3) is 5.76 Å². The van der Waals surface area contributed by atoms with Crippen molar-refractivity contribution in [2.24, 2.45) is 5.92 Å². The molecular weight excluding hydrogens is 484 g/mol. The normalized spacial score (nSPS) is 16.6. The number of amides is 2. The zero-order valence-corrected chi connectivity index (χ0v) is 21.7. The molecule has 1 fully saturated rings. The van der Waals surface area contributed by atoms with E-state index in [9.17, 15) is 19.5 Å². The third-order valence-corrected chi connectivity index (χ3v) is 6.03. The Kier molecular flexibility index (Phi) is 7.81. The standard InChI is InChI=1S/C30H30N2O6/c1-18(2)17-38-23-14-12-20(13-15-23)28(34)26-27(24-10-5-6-11-25(24)37-4)32(30(36)29(26)35)22-9-7-8-21(16-22)31-19(3)33/h5-16,18,27,34H,17H2,1-4H3,(H,31,33)/b28-26+. The van der Waals surface area contributed by atoms with Gasteiger partial charge in [0.1, 0.15) is 17.3 Å². The van der Waals surface area contributed by atoms with Crippen molar-refractivity contribution < 1.29 is 29.0 Å². The first kappa shape index (κ1) is 26.5. The second-order valence-corrected chi connectivity index (χ2v) is 9.37. The minimum atomic E-state index is -0.976. The first-order valence-electron chi connectivity index (χ1n) is 12.3. The second kappa shape index (κ2) is 11.2. The molecule has 0 saturated carbocycles. The Morgan fingerprint density at radius 3 is 2.39 bits per heavy atom. The summed E-state index contributed by atoms with van der Waals surface area (Å²) in [6.45, 7) is 6.01. The van der Waals surface area contributed by atoms with Gasteiger partial charge in [-0.25, -0.2) is 0 Å². The van der Waals surface area contributed by atoms with Crippen molar-refractivity contribution in [2.45, 2.75) is 26.8 Å². The number of nitrogens with zero attached hydrogens (tertiary/aromatic N) is 1. The Morgan fingerprint density at radius 1 is 1.03 bits per heavy atom. The van der Waals surface area contributed by atoms with Gasteiger partial charge in [-0.3, -0.25) is 19.3 Å². The average Bonchev–Trinajstić information content (AvgIpc) is 3.17. The van der Waals surface area contributed by atoms with Gasteiger partial charge in [0, 0.05) is 29.4 Å². The zero-order valence-electron chi connectivity index (χ0n) is 21.7. The number of para-hydroxylation sites is 1. The molecule has 2 amide bonds. The van der Waals surface area contributed by atoms with E-state index in [-0.39, 0.29) is 17.2 Å². The van der Waals surface area contributed by atoms with Crippen molar-refractivity contribution in [1.82, 2.24) is 0 Å². The summed E-state index contributed by atoms with van der Waals surface area (Å²) in [6, 6.07) is 19.4. The number of Topliss-reactive ketones (excluding diaryl/α,β-unsaturated/α-hetero) is 1. The predicted octanol–water partition coefficient (Wildman–Crippen LogP) is 5.31. The molecule has 0 aromatic heterocycles. The number of benzene rings is 3. The van der Waals surface area contributed by atoms with Crippen LogP contribution in [0.2, 0.25) is 0 Å². The number of aliphatic hydroxyl groups is 1. The fourth-order valence-electron chi connectivity index (χ4n) is 4.35. The van der Waals surface area contributed by atoms with Gasteiger partial charge in [-0.2, -0.15) is 0 Å². The number of ether oxygens (including phenoxy) is 2. The highest BCUT2D eigenvalue weighted by molar-refractivity contribution is 6.51. The highest BCUT2D eigenvalue weighted by Gasteiger charge is 2.48. The number of rotatable bonds is 8. The van der Waals surface area contributed by atoms with Gasteiger partial charge in [0.05, 0.1) is 25.3 Å². The van der Waals surface area contributed by atoms with E-state index >= 15 is 0 Å². The van der Waals surface area contributed by atoms with Gasteiger partial charge in [-0.05, 0) is 54.4 Å². The van der Waals surface area contributed by atoms with Crippen LogP contribution >= 0.6 is 0 Å². The first-order valence-corrected chi connectivity index (χ1v) is 12.3.